The molecule has 0 bridgehead atoms. The Balaban J connectivity index is 2.16. The number of aliphatic hydroxyl groups excluding tert-OH is 1. The first kappa shape index (κ1) is 11.4. The predicted molar refractivity (Wildman–Crippen MR) is 64.6 cm³/mol. The van der Waals surface area contributed by atoms with Gasteiger partial charge in [-0.3, -0.25) is 4.79 Å². The van der Waals surface area contributed by atoms with Gasteiger partial charge in [0, 0.05) is 10.9 Å². The van der Waals surface area contributed by atoms with E-state index in [0.717, 1.165) is 16.1 Å². The van der Waals surface area contributed by atoms with E-state index in [1.54, 1.807) is 0 Å². The number of amides is 1. The minimum absolute atomic E-state index is 0.0129. The van der Waals surface area contributed by atoms with E-state index in [1.165, 1.54) is 11.8 Å². The number of anilines is 1. The first-order valence-electron chi connectivity index (χ1n) is 5.11. The summed E-state index contributed by atoms with van der Waals surface area (Å²) in [7, 11) is 0. The van der Waals surface area contributed by atoms with Gasteiger partial charge >= 0.3 is 0 Å². The normalized spacial score (nSPS) is 16.5. The number of carbonyl (C=O) groups excluding carboxylic acids is 1. The lowest BCUT2D eigenvalue weighted by Crippen LogP contribution is -2.27. The van der Waals surface area contributed by atoms with Gasteiger partial charge in [-0.25, -0.2) is 0 Å². The van der Waals surface area contributed by atoms with E-state index in [-0.39, 0.29) is 18.6 Å². The molecule has 0 spiro atoms. The molecule has 1 amide bonds. The van der Waals surface area contributed by atoms with Crippen molar-refractivity contribution in [2.75, 3.05) is 17.7 Å². The van der Waals surface area contributed by atoms with E-state index in [0.29, 0.717) is 12.2 Å². The molecular formula is C11H14N2O2S. The molecule has 16 heavy (non-hydrogen) atoms. The van der Waals surface area contributed by atoms with E-state index < -0.39 is 0 Å². The third-order valence-electron chi connectivity index (χ3n) is 2.41. The van der Waals surface area contributed by atoms with Crippen LogP contribution in [0.15, 0.2) is 23.1 Å². The molecule has 4 N–H and O–H groups in total. The van der Waals surface area contributed by atoms with Gasteiger partial charge in [-0.15, -0.1) is 11.8 Å². The largest absolute Gasteiger partial charge is 0.395 e. The average Bonchev–Trinajstić information content (AvgIpc) is 2.29. The van der Waals surface area contributed by atoms with E-state index in [1.807, 2.05) is 18.2 Å². The summed E-state index contributed by atoms with van der Waals surface area (Å²) in [5.74, 6) is 0.500. The number of nitrogens with one attached hydrogen (secondary N) is 1. The maximum atomic E-state index is 11.1. The van der Waals surface area contributed by atoms with Gasteiger partial charge in [0.05, 0.1) is 18.0 Å². The van der Waals surface area contributed by atoms with Gasteiger partial charge in [0.25, 0.3) is 0 Å². The van der Waals surface area contributed by atoms with Crippen LogP contribution >= 0.6 is 11.8 Å². The SMILES string of the molecule is NC(CO)Cc1ccc2c(c1)SCC(=O)N2. The molecule has 0 saturated carbocycles. The van der Waals surface area contributed by atoms with E-state index >= 15 is 0 Å². The molecule has 1 aromatic carbocycles. The van der Waals surface area contributed by atoms with Crippen LogP contribution in [0, 0.1) is 0 Å². The fraction of sp³-hybridized carbons (Fsp3) is 0.364. The summed E-state index contributed by atoms with van der Waals surface area (Å²) >= 11 is 1.53. The molecule has 86 valence electrons. The molecule has 1 aromatic rings. The van der Waals surface area contributed by atoms with E-state index in [9.17, 15) is 4.79 Å². The highest BCUT2D eigenvalue weighted by Gasteiger charge is 2.15. The first-order chi connectivity index (χ1) is 7.69. The van der Waals surface area contributed by atoms with Gasteiger partial charge in [0.15, 0.2) is 0 Å². The summed E-state index contributed by atoms with van der Waals surface area (Å²) in [6.07, 6.45) is 0.651. The molecule has 1 atom stereocenters. The van der Waals surface area contributed by atoms with Gasteiger partial charge < -0.3 is 16.2 Å². The quantitative estimate of drug-likeness (QED) is 0.720. The Morgan fingerprint density at radius 2 is 2.38 bits per heavy atom. The smallest absolute Gasteiger partial charge is 0.234 e. The van der Waals surface area contributed by atoms with Crippen LogP contribution in [0.5, 0.6) is 0 Å². The second kappa shape index (κ2) is 4.86. The van der Waals surface area contributed by atoms with E-state index in [2.05, 4.69) is 5.32 Å². The highest BCUT2D eigenvalue weighted by molar-refractivity contribution is 8.00. The summed E-state index contributed by atoms with van der Waals surface area (Å²) in [4.78, 5) is 12.2. The average molecular weight is 238 g/mol. The summed E-state index contributed by atoms with van der Waals surface area (Å²) in [5.41, 5.74) is 7.63. The fourth-order valence-electron chi connectivity index (χ4n) is 1.61. The fourth-order valence-corrected chi connectivity index (χ4v) is 2.48. The van der Waals surface area contributed by atoms with Crippen molar-refractivity contribution in [3.63, 3.8) is 0 Å². The standard InChI is InChI=1S/C11H14N2O2S/c12-8(5-14)3-7-1-2-9-10(4-7)16-6-11(15)13-9/h1-2,4,8,14H,3,5-6,12H2,(H,13,15). The summed E-state index contributed by atoms with van der Waals surface area (Å²) < 4.78 is 0. The molecule has 5 heteroatoms. The molecular weight excluding hydrogens is 224 g/mol. The van der Waals surface area contributed by atoms with Crippen LogP contribution in [0.3, 0.4) is 0 Å². The Bertz CT molecular complexity index is 409. The Kier molecular flexibility index (Phi) is 3.48. The summed E-state index contributed by atoms with van der Waals surface area (Å²) in [6.45, 7) is -0.0129. The van der Waals surface area contributed by atoms with Crippen LogP contribution in [0.1, 0.15) is 5.56 Å². The number of benzene rings is 1. The molecule has 0 fully saturated rings. The molecule has 4 nitrogen and oxygen atoms in total. The molecule has 1 heterocycles. The molecule has 0 aliphatic carbocycles. The third kappa shape index (κ3) is 2.55. The minimum Gasteiger partial charge on any atom is -0.395 e. The second-order valence-corrected chi connectivity index (χ2v) is 4.83. The molecule has 0 aromatic heterocycles. The van der Waals surface area contributed by atoms with Crippen LogP contribution in [-0.2, 0) is 11.2 Å². The molecule has 0 radical (unpaired) electrons. The lowest BCUT2D eigenvalue weighted by Gasteiger charge is -2.17. The number of nitrogens with two attached hydrogens (primary N) is 1. The van der Waals surface area contributed by atoms with Crippen molar-refractivity contribution in [2.45, 2.75) is 17.4 Å². The summed E-state index contributed by atoms with van der Waals surface area (Å²) in [5, 5.41) is 11.7. The Hall–Kier alpha value is -1.04. The van der Waals surface area contributed by atoms with Crippen LogP contribution in [-0.4, -0.2) is 29.4 Å². The van der Waals surface area contributed by atoms with Crippen LogP contribution in [0.4, 0.5) is 5.69 Å². The van der Waals surface area contributed by atoms with Crippen LogP contribution in [0.25, 0.3) is 0 Å². The van der Waals surface area contributed by atoms with Crippen LogP contribution in [0.2, 0.25) is 0 Å². The van der Waals surface area contributed by atoms with Gasteiger partial charge in [0.1, 0.15) is 0 Å². The number of fused-ring (bicyclic) bond motifs is 1. The number of rotatable bonds is 3. The minimum atomic E-state index is -0.221. The van der Waals surface area contributed by atoms with Gasteiger partial charge in [0.2, 0.25) is 5.91 Å². The zero-order valence-corrected chi connectivity index (χ0v) is 9.59. The van der Waals surface area contributed by atoms with Crippen LogP contribution < -0.4 is 11.1 Å². The topological polar surface area (TPSA) is 75.3 Å². The molecule has 1 aliphatic heterocycles. The van der Waals surface area contributed by atoms with Crippen molar-refractivity contribution in [2.24, 2.45) is 5.73 Å². The third-order valence-corrected chi connectivity index (χ3v) is 3.47. The van der Waals surface area contributed by atoms with Gasteiger partial charge in [-0.2, -0.15) is 0 Å². The summed E-state index contributed by atoms with van der Waals surface area (Å²) in [6, 6.07) is 5.62. The van der Waals surface area contributed by atoms with Crippen molar-refractivity contribution in [3.05, 3.63) is 23.8 Å². The molecule has 1 unspecified atom stereocenters. The van der Waals surface area contributed by atoms with Crippen molar-refractivity contribution in [1.82, 2.24) is 0 Å². The Labute approximate surface area is 98.2 Å². The maximum absolute atomic E-state index is 11.1. The maximum Gasteiger partial charge on any atom is 0.234 e. The predicted octanol–water partition coefficient (Wildman–Crippen LogP) is 0.593. The van der Waals surface area contributed by atoms with Crippen molar-refractivity contribution in [3.8, 4) is 0 Å². The zero-order valence-electron chi connectivity index (χ0n) is 8.77. The molecule has 0 saturated heterocycles. The lowest BCUT2D eigenvalue weighted by molar-refractivity contribution is -0.113. The number of aliphatic hydroxyl groups is 1. The van der Waals surface area contributed by atoms with Gasteiger partial charge in [-0.1, -0.05) is 6.07 Å². The monoisotopic (exact) mass is 238 g/mol. The van der Waals surface area contributed by atoms with Crippen molar-refractivity contribution < 1.29 is 9.90 Å². The number of hydrogen-bond acceptors (Lipinski definition) is 4. The number of hydrogen-bond donors (Lipinski definition) is 3. The Morgan fingerprint density at radius 1 is 1.56 bits per heavy atom. The number of thioether (sulfide) groups is 1. The highest BCUT2D eigenvalue weighted by atomic mass is 32.2. The van der Waals surface area contributed by atoms with E-state index in [4.69, 9.17) is 10.8 Å². The zero-order chi connectivity index (χ0) is 11.5. The lowest BCUT2D eigenvalue weighted by atomic mass is 10.1. The molecule has 2 rings (SSSR count). The van der Waals surface area contributed by atoms with Crippen molar-refractivity contribution in [1.29, 1.82) is 0 Å². The second-order valence-electron chi connectivity index (χ2n) is 3.81. The highest BCUT2D eigenvalue weighted by Crippen LogP contribution is 2.32. The molecule has 1 aliphatic rings. The first-order valence-corrected chi connectivity index (χ1v) is 6.09. The Morgan fingerprint density at radius 3 is 3.12 bits per heavy atom. The van der Waals surface area contributed by atoms with Crippen molar-refractivity contribution >= 4 is 23.4 Å². The van der Waals surface area contributed by atoms with Gasteiger partial charge in [-0.05, 0) is 24.1 Å². The number of carbonyl (C=O) groups is 1.